The Morgan fingerprint density at radius 3 is 2.41 bits per heavy atom. The summed E-state index contributed by atoms with van der Waals surface area (Å²) < 4.78 is 26.7. The molecule has 0 aromatic carbocycles. The van der Waals surface area contributed by atoms with Crippen LogP contribution in [-0.4, -0.2) is 54.3 Å². The molecule has 1 saturated heterocycles. The van der Waals surface area contributed by atoms with Crippen LogP contribution < -0.4 is 5.32 Å². The van der Waals surface area contributed by atoms with Gasteiger partial charge in [-0.1, -0.05) is 27.7 Å². The number of hydrogen-bond acceptors (Lipinski definition) is 4. The van der Waals surface area contributed by atoms with Crippen LogP contribution in [0.3, 0.4) is 0 Å². The Bertz CT molecular complexity index is 732. The minimum absolute atomic E-state index is 0.0833. The van der Waals surface area contributed by atoms with Gasteiger partial charge in [0.1, 0.15) is 0 Å². The van der Waals surface area contributed by atoms with Crippen LogP contribution in [0.25, 0.3) is 0 Å². The number of nitrogens with one attached hydrogen (secondary N) is 1. The Hall–Kier alpha value is -1.41. The normalized spacial score (nSPS) is 17.0. The first-order valence-electron chi connectivity index (χ1n) is 9.88. The summed E-state index contributed by atoms with van der Waals surface area (Å²) in [5.74, 6) is 1.04. The number of aromatic nitrogens is 2. The number of sulfonamides is 1. The lowest BCUT2D eigenvalue weighted by Crippen LogP contribution is -2.41. The summed E-state index contributed by atoms with van der Waals surface area (Å²) in [6, 6.07) is 0. The highest BCUT2D eigenvalue weighted by atomic mass is 32.2. The molecule has 0 atom stereocenters. The molecule has 1 aromatic heterocycles. The molecule has 0 radical (unpaired) electrons. The molecular formula is C19H34N4O3S. The summed E-state index contributed by atoms with van der Waals surface area (Å²) in [4.78, 5) is 12.7. The van der Waals surface area contributed by atoms with Gasteiger partial charge in [0.15, 0.2) is 0 Å². The second-order valence-electron chi connectivity index (χ2n) is 8.32. The van der Waals surface area contributed by atoms with E-state index in [0.717, 1.165) is 31.5 Å². The van der Waals surface area contributed by atoms with Gasteiger partial charge in [0.2, 0.25) is 10.0 Å². The van der Waals surface area contributed by atoms with Crippen molar-refractivity contribution in [2.45, 2.75) is 59.4 Å². The van der Waals surface area contributed by atoms with E-state index in [1.54, 1.807) is 6.20 Å². The molecule has 154 valence electrons. The van der Waals surface area contributed by atoms with E-state index in [2.05, 4.69) is 38.1 Å². The third-order valence-corrected chi connectivity index (χ3v) is 6.49. The van der Waals surface area contributed by atoms with Crippen molar-refractivity contribution in [1.82, 2.24) is 19.4 Å². The summed E-state index contributed by atoms with van der Waals surface area (Å²) in [7, 11) is -3.11. The molecule has 1 fully saturated rings. The van der Waals surface area contributed by atoms with Crippen molar-refractivity contribution in [1.29, 1.82) is 0 Å². The predicted octanol–water partition coefficient (Wildman–Crippen LogP) is 2.45. The minimum atomic E-state index is -3.11. The molecule has 2 heterocycles. The second-order valence-corrected chi connectivity index (χ2v) is 10.3. The van der Waals surface area contributed by atoms with Gasteiger partial charge in [-0.15, -0.1) is 0 Å². The maximum absolute atomic E-state index is 12.7. The lowest BCUT2D eigenvalue weighted by Gasteiger charge is -2.30. The third-order valence-electron chi connectivity index (χ3n) is 5.18. The number of carbonyl (C=O) groups excluding carboxylic acids is 1. The molecule has 1 aliphatic rings. The van der Waals surface area contributed by atoms with E-state index in [-0.39, 0.29) is 11.8 Å². The van der Waals surface area contributed by atoms with Crippen LogP contribution in [0, 0.1) is 11.8 Å². The Morgan fingerprint density at radius 2 is 1.89 bits per heavy atom. The summed E-state index contributed by atoms with van der Waals surface area (Å²) in [6.45, 7) is 11.0. The van der Waals surface area contributed by atoms with E-state index >= 15 is 0 Å². The molecule has 0 aliphatic carbocycles. The highest BCUT2D eigenvalue weighted by Gasteiger charge is 2.26. The Labute approximate surface area is 163 Å². The summed E-state index contributed by atoms with van der Waals surface area (Å²) in [5.41, 5.74) is 1.64. The van der Waals surface area contributed by atoms with Gasteiger partial charge in [-0.3, -0.25) is 9.48 Å². The van der Waals surface area contributed by atoms with Crippen LogP contribution >= 0.6 is 0 Å². The van der Waals surface area contributed by atoms with Gasteiger partial charge in [0, 0.05) is 26.2 Å². The maximum atomic E-state index is 12.7. The zero-order valence-corrected chi connectivity index (χ0v) is 18.1. The molecule has 1 amide bonds. The van der Waals surface area contributed by atoms with Gasteiger partial charge in [-0.2, -0.15) is 5.10 Å². The molecule has 8 heteroatoms. The van der Waals surface area contributed by atoms with E-state index in [1.807, 2.05) is 4.68 Å². The minimum Gasteiger partial charge on any atom is -0.352 e. The van der Waals surface area contributed by atoms with Crippen LogP contribution in [0.2, 0.25) is 0 Å². The number of carbonyl (C=O) groups is 1. The lowest BCUT2D eigenvalue weighted by atomic mass is 9.98. The van der Waals surface area contributed by atoms with Gasteiger partial charge < -0.3 is 5.32 Å². The quantitative estimate of drug-likeness (QED) is 0.729. The van der Waals surface area contributed by atoms with Gasteiger partial charge in [-0.25, -0.2) is 12.7 Å². The van der Waals surface area contributed by atoms with Crippen molar-refractivity contribution in [2.75, 3.05) is 25.9 Å². The highest BCUT2D eigenvalue weighted by Crippen LogP contribution is 2.22. The largest absolute Gasteiger partial charge is 0.352 e. The van der Waals surface area contributed by atoms with E-state index in [4.69, 9.17) is 0 Å². The molecule has 1 aromatic rings. The van der Waals surface area contributed by atoms with Crippen LogP contribution in [-0.2, 0) is 16.6 Å². The van der Waals surface area contributed by atoms with Gasteiger partial charge in [0.25, 0.3) is 5.91 Å². The zero-order chi connectivity index (χ0) is 20.2. The topological polar surface area (TPSA) is 84.3 Å². The molecule has 0 unspecified atom stereocenters. The van der Waals surface area contributed by atoms with Gasteiger partial charge in [0.05, 0.1) is 23.7 Å². The molecule has 27 heavy (non-hydrogen) atoms. The molecule has 2 rings (SSSR count). The van der Waals surface area contributed by atoms with E-state index in [0.29, 0.717) is 37.0 Å². The molecule has 1 aliphatic heterocycles. The molecule has 0 saturated carbocycles. The number of aryl methyl sites for hydroxylation is 1. The molecule has 0 spiro atoms. The Kier molecular flexibility index (Phi) is 7.45. The second kappa shape index (κ2) is 9.19. The Morgan fingerprint density at radius 1 is 1.26 bits per heavy atom. The van der Waals surface area contributed by atoms with E-state index in [9.17, 15) is 13.2 Å². The third kappa shape index (κ3) is 6.04. The molecular weight excluding hydrogens is 364 g/mol. The SMILES string of the molecule is CC(C)CCn1ncc(C(=O)NCC2CCN(S(C)(=O)=O)CC2)c1C(C)C. The first kappa shape index (κ1) is 21.9. The van der Waals surface area contributed by atoms with Crippen LogP contribution in [0.1, 0.15) is 68.9 Å². The monoisotopic (exact) mass is 398 g/mol. The average Bonchev–Trinajstić information content (AvgIpc) is 3.01. The fraction of sp³-hybridized carbons (Fsp3) is 0.789. The van der Waals surface area contributed by atoms with Crippen LogP contribution in [0.4, 0.5) is 0 Å². The van der Waals surface area contributed by atoms with Crippen molar-refractivity contribution in [3.63, 3.8) is 0 Å². The smallest absolute Gasteiger partial charge is 0.254 e. The first-order chi connectivity index (χ1) is 12.6. The molecule has 0 bridgehead atoms. The lowest BCUT2D eigenvalue weighted by molar-refractivity contribution is 0.0940. The first-order valence-corrected chi connectivity index (χ1v) is 11.7. The van der Waals surface area contributed by atoms with Crippen molar-refractivity contribution in [3.8, 4) is 0 Å². The Balaban J connectivity index is 1.94. The van der Waals surface area contributed by atoms with E-state index < -0.39 is 10.0 Å². The number of hydrogen-bond donors (Lipinski definition) is 1. The van der Waals surface area contributed by atoms with Crippen molar-refractivity contribution >= 4 is 15.9 Å². The van der Waals surface area contributed by atoms with Gasteiger partial charge >= 0.3 is 0 Å². The van der Waals surface area contributed by atoms with Crippen LogP contribution in [0.5, 0.6) is 0 Å². The average molecular weight is 399 g/mol. The highest BCUT2D eigenvalue weighted by molar-refractivity contribution is 7.88. The fourth-order valence-corrected chi connectivity index (χ4v) is 4.39. The molecule has 7 nitrogen and oxygen atoms in total. The summed E-state index contributed by atoms with van der Waals surface area (Å²) in [5, 5.41) is 7.48. The van der Waals surface area contributed by atoms with Gasteiger partial charge in [-0.05, 0) is 37.0 Å². The standard InChI is InChI=1S/C19H34N4O3S/c1-14(2)6-11-23-18(15(3)4)17(13-21-23)19(24)20-12-16-7-9-22(10-8-16)27(5,25)26/h13-16H,6-12H2,1-5H3,(H,20,24). The number of amides is 1. The van der Waals surface area contributed by atoms with E-state index in [1.165, 1.54) is 10.6 Å². The summed E-state index contributed by atoms with van der Waals surface area (Å²) in [6.07, 6.45) is 5.51. The van der Waals surface area contributed by atoms with Crippen LogP contribution in [0.15, 0.2) is 6.20 Å². The van der Waals surface area contributed by atoms with Crippen molar-refractivity contribution < 1.29 is 13.2 Å². The van der Waals surface area contributed by atoms with Crippen molar-refractivity contribution in [3.05, 3.63) is 17.5 Å². The zero-order valence-electron chi connectivity index (χ0n) is 17.2. The fourth-order valence-electron chi connectivity index (χ4n) is 3.51. The number of nitrogens with zero attached hydrogens (tertiary/aromatic N) is 3. The molecule has 1 N–H and O–H groups in total. The summed E-state index contributed by atoms with van der Waals surface area (Å²) >= 11 is 0. The maximum Gasteiger partial charge on any atom is 0.254 e. The van der Waals surface area contributed by atoms with Crippen molar-refractivity contribution in [2.24, 2.45) is 11.8 Å². The number of rotatable bonds is 8. The predicted molar refractivity (Wildman–Crippen MR) is 107 cm³/mol. The number of piperidine rings is 1.